The van der Waals surface area contributed by atoms with Gasteiger partial charge in [-0.1, -0.05) is 49.8 Å². The molecule has 0 unspecified atom stereocenters. The Morgan fingerprint density at radius 1 is 0.853 bits per heavy atom. The lowest BCUT2D eigenvalue weighted by atomic mass is 9.73. The molecule has 3 aromatic rings. The molecule has 0 saturated carbocycles. The van der Waals surface area contributed by atoms with Gasteiger partial charge in [-0.25, -0.2) is 30.3 Å². The number of allylic oxidation sites excluding steroid dienone is 2. The number of hydrogen-bond donors (Lipinski definition) is 3. The van der Waals surface area contributed by atoms with E-state index in [1.165, 1.54) is 35.0 Å². The van der Waals surface area contributed by atoms with Crippen LogP contribution in [0.2, 0.25) is 0 Å². The van der Waals surface area contributed by atoms with E-state index in [1.54, 1.807) is 12.1 Å². The number of sulfonamides is 1. The number of thioether (sulfide) groups is 1. The number of rotatable bonds is 21. The molecule has 2 aliphatic heterocycles. The highest BCUT2D eigenvalue weighted by molar-refractivity contribution is 7.99. The van der Waals surface area contributed by atoms with Gasteiger partial charge in [-0.05, 0) is 104 Å². The first-order valence-electron chi connectivity index (χ1n) is 22.9. The fourth-order valence-corrected chi connectivity index (χ4v) is 11.8. The van der Waals surface area contributed by atoms with E-state index < -0.39 is 59.2 Å². The Balaban J connectivity index is 1.11. The van der Waals surface area contributed by atoms with Crippen molar-refractivity contribution in [1.29, 1.82) is 0 Å². The van der Waals surface area contributed by atoms with Crippen LogP contribution in [0.4, 0.5) is 33.3 Å². The summed E-state index contributed by atoms with van der Waals surface area (Å²) in [5.74, 6) is -0.717. The average Bonchev–Trinajstić information content (AvgIpc) is 3.30. The second-order valence-corrected chi connectivity index (χ2v) is 23.2. The molecular weight excluding hydrogens is 948 g/mol. The van der Waals surface area contributed by atoms with Gasteiger partial charge in [0.1, 0.15) is 4.90 Å². The molecule has 0 radical (unpaired) electrons. The molecule has 68 heavy (non-hydrogen) atoms. The maximum atomic E-state index is 14.2. The van der Waals surface area contributed by atoms with Crippen molar-refractivity contribution in [1.82, 2.24) is 19.4 Å². The van der Waals surface area contributed by atoms with Gasteiger partial charge in [-0.3, -0.25) is 14.6 Å². The molecule has 1 amide bonds. The number of carbonyl (C=O) groups is 1. The Morgan fingerprint density at radius 2 is 1.49 bits per heavy atom. The highest BCUT2D eigenvalue weighted by Gasteiger charge is 2.48. The van der Waals surface area contributed by atoms with Gasteiger partial charge in [0, 0.05) is 99.9 Å². The molecule has 0 spiro atoms. The van der Waals surface area contributed by atoms with Crippen molar-refractivity contribution in [3.8, 4) is 0 Å². The van der Waals surface area contributed by atoms with Crippen molar-refractivity contribution in [2.24, 2.45) is 5.41 Å². The number of aliphatic hydroxyl groups is 1. The third-order valence-electron chi connectivity index (χ3n) is 12.9. The Bertz CT molecular complexity index is 2440. The van der Waals surface area contributed by atoms with Gasteiger partial charge in [-0.2, -0.15) is 13.2 Å². The summed E-state index contributed by atoms with van der Waals surface area (Å²) >= 11 is 1.43. The number of hydrogen-bond acceptors (Lipinski definition) is 12. The van der Waals surface area contributed by atoms with Gasteiger partial charge in [0.2, 0.25) is 0 Å². The largest absolute Gasteiger partial charge is 0.501 e. The van der Waals surface area contributed by atoms with E-state index >= 15 is 0 Å². The van der Waals surface area contributed by atoms with Gasteiger partial charge in [-0.15, -0.1) is 11.8 Å². The maximum absolute atomic E-state index is 14.2. The van der Waals surface area contributed by atoms with Crippen LogP contribution >= 0.6 is 11.8 Å². The molecule has 0 aromatic heterocycles. The third kappa shape index (κ3) is 14.5. The van der Waals surface area contributed by atoms with Crippen molar-refractivity contribution in [2.45, 2.75) is 85.0 Å². The number of aliphatic hydroxyl groups excluding tert-OH is 1. The van der Waals surface area contributed by atoms with Crippen molar-refractivity contribution < 1.29 is 48.7 Å². The Kier molecular flexibility index (Phi) is 18.2. The summed E-state index contributed by atoms with van der Waals surface area (Å²) in [4.78, 5) is 20.9. The van der Waals surface area contributed by atoms with E-state index in [0.717, 1.165) is 74.7 Å². The lowest BCUT2D eigenvalue weighted by Crippen LogP contribution is -2.48. The number of amides is 1. The molecule has 2 heterocycles. The molecule has 374 valence electrons. The summed E-state index contributed by atoms with van der Waals surface area (Å²) in [6.07, 6.45) is 1.55. The van der Waals surface area contributed by atoms with Gasteiger partial charge < -0.3 is 20.2 Å². The van der Waals surface area contributed by atoms with Crippen molar-refractivity contribution in [3.63, 3.8) is 0 Å². The molecule has 2 fully saturated rings. The summed E-state index contributed by atoms with van der Waals surface area (Å²) in [5, 5.41) is 12.3. The second-order valence-electron chi connectivity index (χ2n) is 18.5. The molecule has 1 atom stereocenters. The topological polar surface area (TPSA) is 143 Å². The van der Waals surface area contributed by atoms with E-state index in [-0.39, 0.29) is 29.6 Å². The van der Waals surface area contributed by atoms with Gasteiger partial charge in [0.05, 0.1) is 17.2 Å². The number of piperazine rings is 2. The number of carbonyl (C=O) groups excluding carboxylic acids is 1. The second kappa shape index (κ2) is 23.2. The Labute approximate surface area is 402 Å². The average molecular weight is 1010 g/mol. The number of benzene rings is 3. The molecule has 1 aliphatic carbocycles. The molecular formula is C48H63F5N6O6S3. The quantitative estimate of drug-likeness (QED) is 0.0543. The zero-order valence-electron chi connectivity index (χ0n) is 38.6. The van der Waals surface area contributed by atoms with Gasteiger partial charge >= 0.3 is 5.51 Å². The number of anilines is 2. The standard InChI is InChI=1S/C48H63F5N6O6S3/c1-35(45(49)50)9-10-37-32-47(2,3)19-17-38(37)33-58-25-27-59(28-26-58)40-13-11-36(12-14-40)46(61)55-68(64,65)42-15-16-43(44(31-42)67(62,63)48(51,52)53)54-39(34-66-41-7-5-4-6-8-41)18-20-56-21-23-57(24-22-56)29-30-60/h4-8,11-16,31,39,45,54,60H,1,9-10,17-30,32-34H2,2-3H3,(H,55,61)/t39-/m1/s1. The maximum Gasteiger partial charge on any atom is 0.501 e. The molecule has 6 rings (SSSR count). The predicted molar refractivity (Wildman–Crippen MR) is 258 cm³/mol. The minimum absolute atomic E-state index is 0.0415. The van der Waals surface area contributed by atoms with E-state index in [4.69, 9.17) is 0 Å². The van der Waals surface area contributed by atoms with Crippen molar-refractivity contribution in [3.05, 3.63) is 102 Å². The zero-order chi connectivity index (χ0) is 49.3. The number of halogens is 5. The SMILES string of the molecule is C=C(CCC1=C(CN2CCN(c3ccc(C(=O)NS(=O)(=O)c4ccc(N[C@H](CCN5CCN(CCO)CC5)CSc5ccccc5)c(S(=O)(=O)C(F)(F)F)c4)cc3)CC2)CCC(C)(C)C1)C(F)F. The molecule has 20 heteroatoms. The minimum Gasteiger partial charge on any atom is -0.395 e. The Hall–Kier alpha value is -4.05. The predicted octanol–water partition coefficient (Wildman–Crippen LogP) is 7.90. The first-order chi connectivity index (χ1) is 32.1. The number of nitrogens with zero attached hydrogens (tertiary/aromatic N) is 4. The fraction of sp³-hybridized carbons (Fsp3) is 0.521. The summed E-state index contributed by atoms with van der Waals surface area (Å²) in [5.41, 5.74) is -2.82. The smallest absolute Gasteiger partial charge is 0.395 e. The molecule has 3 N–H and O–H groups in total. The van der Waals surface area contributed by atoms with E-state index in [0.29, 0.717) is 63.9 Å². The molecule has 12 nitrogen and oxygen atoms in total. The van der Waals surface area contributed by atoms with E-state index in [2.05, 4.69) is 45.3 Å². The van der Waals surface area contributed by atoms with Crippen LogP contribution in [-0.2, 0) is 19.9 Å². The lowest BCUT2D eigenvalue weighted by Gasteiger charge is -2.39. The fourth-order valence-electron chi connectivity index (χ4n) is 8.81. The first-order valence-corrected chi connectivity index (χ1v) is 26.8. The summed E-state index contributed by atoms with van der Waals surface area (Å²) in [6.45, 7) is 15.6. The van der Waals surface area contributed by atoms with E-state index in [1.807, 2.05) is 35.1 Å². The number of sulfone groups is 1. The van der Waals surface area contributed by atoms with Crippen LogP contribution in [-0.4, -0.2) is 145 Å². The highest BCUT2D eigenvalue weighted by atomic mass is 32.2. The summed E-state index contributed by atoms with van der Waals surface area (Å²) in [6, 6.07) is 17.4. The van der Waals surface area contributed by atoms with Crippen LogP contribution < -0.4 is 14.9 Å². The van der Waals surface area contributed by atoms with Gasteiger partial charge in [0.25, 0.3) is 32.2 Å². The molecule has 2 saturated heterocycles. The summed E-state index contributed by atoms with van der Waals surface area (Å²) < 4.78 is 124. The number of alkyl halides is 5. The van der Waals surface area contributed by atoms with Crippen LogP contribution in [0.5, 0.6) is 0 Å². The van der Waals surface area contributed by atoms with Crippen LogP contribution in [0.3, 0.4) is 0 Å². The first kappa shape index (κ1) is 53.3. The zero-order valence-corrected chi connectivity index (χ0v) is 41.1. The Morgan fingerprint density at radius 3 is 2.10 bits per heavy atom. The number of nitrogens with one attached hydrogen (secondary N) is 2. The van der Waals surface area contributed by atoms with Crippen LogP contribution in [0, 0.1) is 5.41 Å². The molecule has 3 aliphatic rings. The lowest BCUT2D eigenvalue weighted by molar-refractivity contribution is -0.0436. The van der Waals surface area contributed by atoms with E-state index in [9.17, 15) is 48.7 Å². The van der Waals surface area contributed by atoms with Crippen molar-refractivity contribution in [2.75, 3.05) is 94.6 Å². The van der Waals surface area contributed by atoms with Crippen LogP contribution in [0.25, 0.3) is 0 Å². The monoisotopic (exact) mass is 1010 g/mol. The third-order valence-corrected chi connectivity index (χ3v) is 17.0. The highest BCUT2D eigenvalue weighted by Crippen LogP contribution is 2.41. The van der Waals surface area contributed by atoms with Crippen molar-refractivity contribution >= 4 is 48.9 Å². The van der Waals surface area contributed by atoms with Gasteiger partial charge in [0.15, 0.2) is 0 Å². The van der Waals surface area contributed by atoms with Crippen LogP contribution in [0.15, 0.2) is 111 Å². The van der Waals surface area contributed by atoms with Crippen LogP contribution in [0.1, 0.15) is 62.7 Å². The number of β-amino-alcohol motifs (C(OH)–C–C–N with tert-alkyl or cyclic N) is 1. The molecule has 3 aromatic carbocycles. The minimum atomic E-state index is -6.09. The normalized spacial score (nSPS) is 18.5. The molecule has 0 bridgehead atoms. The summed E-state index contributed by atoms with van der Waals surface area (Å²) in [7, 11) is -11.0.